The number of rotatable bonds is 4. The van der Waals surface area contributed by atoms with Gasteiger partial charge in [0.25, 0.3) is 5.69 Å². The Balaban J connectivity index is 2.16. The van der Waals surface area contributed by atoms with Crippen LogP contribution in [0.2, 0.25) is 0 Å². The van der Waals surface area contributed by atoms with Gasteiger partial charge in [-0.3, -0.25) is 10.1 Å². The zero-order valence-corrected chi connectivity index (χ0v) is 13.9. The van der Waals surface area contributed by atoms with Crippen LogP contribution in [-0.2, 0) is 0 Å². The summed E-state index contributed by atoms with van der Waals surface area (Å²) in [5, 5.41) is 17.0. The Labute approximate surface area is 140 Å². The molecule has 114 valence electrons. The highest BCUT2D eigenvalue weighted by atomic mass is 79.9. The molecule has 2 aromatic rings. The summed E-state index contributed by atoms with van der Waals surface area (Å²) in [5.41, 5.74) is 1.16. The molecule has 22 heavy (non-hydrogen) atoms. The number of hydrogen-bond acceptors (Lipinski definition) is 4. The lowest BCUT2D eigenvalue weighted by atomic mass is 10.2. The minimum Gasteiger partial charge on any atom is -0.495 e. The first-order valence-electron chi connectivity index (χ1n) is 6.15. The van der Waals surface area contributed by atoms with Crippen molar-refractivity contribution in [2.75, 3.05) is 17.7 Å². The molecule has 0 aliphatic heterocycles. The molecule has 0 fully saturated rings. The number of nitro groups is 1. The zero-order valence-electron chi connectivity index (χ0n) is 11.5. The van der Waals surface area contributed by atoms with Gasteiger partial charge in [0.15, 0.2) is 5.11 Å². The third-order valence-corrected chi connectivity index (χ3v) is 3.42. The number of anilines is 2. The van der Waals surface area contributed by atoms with Gasteiger partial charge >= 0.3 is 0 Å². The quantitative estimate of drug-likeness (QED) is 0.470. The van der Waals surface area contributed by atoms with E-state index in [1.54, 1.807) is 0 Å². The molecule has 0 saturated heterocycles. The normalized spacial score (nSPS) is 9.91. The van der Waals surface area contributed by atoms with Gasteiger partial charge in [0.1, 0.15) is 5.75 Å². The molecule has 0 heterocycles. The van der Waals surface area contributed by atoms with Crippen LogP contribution in [-0.4, -0.2) is 17.1 Å². The molecule has 0 spiro atoms. The first-order chi connectivity index (χ1) is 10.5. The van der Waals surface area contributed by atoms with Crippen molar-refractivity contribution in [1.29, 1.82) is 0 Å². The maximum atomic E-state index is 10.9. The van der Waals surface area contributed by atoms with Crippen LogP contribution in [0.1, 0.15) is 0 Å². The molecule has 0 saturated carbocycles. The maximum absolute atomic E-state index is 10.9. The Hall–Kier alpha value is -2.19. The van der Waals surface area contributed by atoms with Crippen LogP contribution in [0.4, 0.5) is 17.1 Å². The fourth-order valence-corrected chi connectivity index (χ4v) is 2.39. The summed E-state index contributed by atoms with van der Waals surface area (Å²) in [5.74, 6) is 0.462. The van der Waals surface area contributed by atoms with E-state index in [-0.39, 0.29) is 5.69 Å². The Morgan fingerprint density at radius 3 is 2.68 bits per heavy atom. The second kappa shape index (κ2) is 7.19. The molecule has 0 aliphatic carbocycles. The topological polar surface area (TPSA) is 76.4 Å². The number of methoxy groups -OCH3 is 1. The third-order valence-electron chi connectivity index (χ3n) is 2.72. The minimum absolute atomic E-state index is 0.0476. The predicted molar refractivity (Wildman–Crippen MR) is 93.6 cm³/mol. The second-order valence-electron chi connectivity index (χ2n) is 4.23. The Morgan fingerprint density at radius 2 is 2.05 bits per heavy atom. The number of nitrogens with zero attached hydrogens (tertiary/aromatic N) is 1. The summed E-state index contributed by atoms with van der Waals surface area (Å²) in [6.45, 7) is 0. The molecule has 0 radical (unpaired) electrons. The van der Waals surface area contributed by atoms with Crippen LogP contribution in [0.25, 0.3) is 0 Å². The molecular weight excluding hydrogens is 370 g/mol. The molecular formula is C14H12BrN3O3S. The SMILES string of the molecule is COc1ccc([N+](=O)[O-])cc1NC(=S)Nc1cccc(Br)c1. The maximum Gasteiger partial charge on any atom is 0.271 e. The second-order valence-corrected chi connectivity index (χ2v) is 5.56. The zero-order chi connectivity index (χ0) is 16.1. The van der Waals surface area contributed by atoms with E-state index in [2.05, 4.69) is 26.6 Å². The van der Waals surface area contributed by atoms with E-state index in [4.69, 9.17) is 17.0 Å². The van der Waals surface area contributed by atoms with Gasteiger partial charge in [-0.15, -0.1) is 0 Å². The molecule has 0 atom stereocenters. The van der Waals surface area contributed by atoms with Gasteiger partial charge in [0.05, 0.1) is 17.7 Å². The Kier molecular flexibility index (Phi) is 5.29. The van der Waals surface area contributed by atoms with Crippen LogP contribution < -0.4 is 15.4 Å². The number of halogens is 1. The van der Waals surface area contributed by atoms with Crippen molar-refractivity contribution < 1.29 is 9.66 Å². The van der Waals surface area contributed by atoms with E-state index in [0.717, 1.165) is 10.2 Å². The average Bonchev–Trinajstić information content (AvgIpc) is 2.47. The monoisotopic (exact) mass is 381 g/mol. The summed E-state index contributed by atoms with van der Waals surface area (Å²) >= 11 is 8.58. The first-order valence-corrected chi connectivity index (χ1v) is 7.35. The third kappa shape index (κ3) is 4.15. The Bertz CT molecular complexity index is 724. The molecule has 2 N–H and O–H groups in total. The molecule has 8 heteroatoms. The molecule has 0 bridgehead atoms. The van der Waals surface area contributed by atoms with Crippen molar-refractivity contribution in [1.82, 2.24) is 0 Å². The van der Waals surface area contributed by atoms with Gasteiger partial charge in [-0.05, 0) is 36.5 Å². The number of benzene rings is 2. The lowest BCUT2D eigenvalue weighted by molar-refractivity contribution is -0.384. The molecule has 0 aliphatic rings. The highest BCUT2D eigenvalue weighted by molar-refractivity contribution is 9.10. The van der Waals surface area contributed by atoms with Gasteiger partial charge in [-0.25, -0.2) is 0 Å². The van der Waals surface area contributed by atoms with Gasteiger partial charge < -0.3 is 15.4 Å². The summed E-state index contributed by atoms with van der Waals surface area (Å²) in [4.78, 5) is 10.4. The summed E-state index contributed by atoms with van der Waals surface area (Å²) in [7, 11) is 1.48. The van der Waals surface area contributed by atoms with Crippen molar-refractivity contribution in [2.45, 2.75) is 0 Å². The van der Waals surface area contributed by atoms with Crippen LogP contribution in [0, 0.1) is 10.1 Å². The van der Waals surface area contributed by atoms with Crippen molar-refractivity contribution in [3.63, 3.8) is 0 Å². The van der Waals surface area contributed by atoms with E-state index in [1.807, 2.05) is 24.3 Å². The molecule has 2 aromatic carbocycles. The van der Waals surface area contributed by atoms with E-state index in [0.29, 0.717) is 16.5 Å². The van der Waals surface area contributed by atoms with Crippen molar-refractivity contribution in [2.24, 2.45) is 0 Å². The summed E-state index contributed by atoms with van der Waals surface area (Å²) < 4.78 is 6.08. The molecule has 0 amide bonds. The first kappa shape index (κ1) is 16.2. The number of nitrogens with one attached hydrogen (secondary N) is 2. The highest BCUT2D eigenvalue weighted by Gasteiger charge is 2.12. The van der Waals surface area contributed by atoms with Crippen LogP contribution in [0.15, 0.2) is 46.9 Å². The van der Waals surface area contributed by atoms with Crippen molar-refractivity contribution in [3.8, 4) is 5.75 Å². The van der Waals surface area contributed by atoms with E-state index < -0.39 is 4.92 Å². The lowest BCUT2D eigenvalue weighted by Gasteiger charge is -2.13. The van der Waals surface area contributed by atoms with Gasteiger partial charge in [-0.1, -0.05) is 22.0 Å². The molecule has 6 nitrogen and oxygen atoms in total. The van der Waals surface area contributed by atoms with E-state index >= 15 is 0 Å². The van der Waals surface area contributed by atoms with Crippen LogP contribution >= 0.6 is 28.1 Å². The highest BCUT2D eigenvalue weighted by Crippen LogP contribution is 2.29. The number of thiocarbonyl (C=S) groups is 1. The van der Waals surface area contributed by atoms with E-state index in [1.165, 1.54) is 25.3 Å². The largest absolute Gasteiger partial charge is 0.495 e. The van der Waals surface area contributed by atoms with Gasteiger partial charge in [0, 0.05) is 22.3 Å². The van der Waals surface area contributed by atoms with Crippen LogP contribution in [0.5, 0.6) is 5.75 Å². The predicted octanol–water partition coefficient (Wildman–Crippen LogP) is 4.17. The van der Waals surface area contributed by atoms with E-state index in [9.17, 15) is 10.1 Å². The minimum atomic E-state index is -0.477. The number of ether oxygens (including phenoxy) is 1. The van der Waals surface area contributed by atoms with Gasteiger partial charge in [0.2, 0.25) is 0 Å². The molecule has 2 rings (SSSR count). The number of non-ortho nitro benzene ring substituents is 1. The van der Waals surface area contributed by atoms with Gasteiger partial charge in [-0.2, -0.15) is 0 Å². The van der Waals surface area contributed by atoms with Crippen LogP contribution in [0.3, 0.4) is 0 Å². The number of nitro benzene ring substituents is 1. The summed E-state index contributed by atoms with van der Waals surface area (Å²) in [6.07, 6.45) is 0. The smallest absolute Gasteiger partial charge is 0.271 e. The fraction of sp³-hybridized carbons (Fsp3) is 0.0714. The standard InChI is InChI=1S/C14H12BrN3O3S/c1-21-13-6-5-11(18(19)20)8-12(13)17-14(22)16-10-4-2-3-9(15)7-10/h2-8H,1H3,(H2,16,17,22). The molecule has 0 unspecified atom stereocenters. The lowest BCUT2D eigenvalue weighted by Crippen LogP contribution is -2.19. The number of hydrogen-bond donors (Lipinski definition) is 2. The molecule has 0 aromatic heterocycles. The fourth-order valence-electron chi connectivity index (χ4n) is 1.76. The Morgan fingerprint density at radius 1 is 1.27 bits per heavy atom. The van der Waals surface area contributed by atoms with Crippen molar-refractivity contribution in [3.05, 3.63) is 57.1 Å². The average molecular weight is 382 g/mol. The summed E-state index contributed by atoms with van der Waals surface area (Å²) in [6, 6.07) is 11.7. The van der Waals surface area contributed by atoms with Crippen molar-refractivity contribution >= 4 is 50.3 Å².